The van der Waals surface area contributed by atoms with Gasteiger partial charge in [-0.25, -0.2) is 0 Å². The van der Waals surface area contributed by atoms with Gasteiger partial charge in [0.25, 0.3) is 0 Å². The van der Waals surface area contributed by atoms with Gasteiger partial charge in [0.2, 0.25) is 0 Å². The molecule has 0 saturated carbocycles. The maximum atomic E-state index is 8.55. The van der Waals surface area contributed by atoms with Crippen molar-refractivity contribution < 1.29 is 10.6 Å². The van der Waals surface area contributed by atoms with Crippen molar-refractivity contribution in [3.8, 4) is 0 Å². The minimum Gasteiger partial charge on any atom is -0.412 e. The van der Waals surface area contributed by atoms with Crippen molar-refractivity contribution in [3.05, 3.63) is 23.3 Å². The van der Waals surface area contributed by atoms with Gasteiger partial charge >= 0.3 is 0 Å². The van der Waals surface area contributed by atoms with E-state index in [0.717, 1.165) is 12.8 Å². The van der Waals surface area contributed by atoms with E-state index in [9.17, 15) is 0 Å². The molecule has 0 amide bonds. The fraction of sp³-hybridized carbons (Fsp3) is 0.600. The Morgan fingerprint density at radius 3 is 2.17 bits per heavy atom. The summed E-state index contributed by atoms with van der Waals surface area (Å²) in [5.74, 6) is 0. The number of aliphatic hydroxyl groups is 1. The first-order chi connectivity index (χ1) is 5.16. The smallest absolute Gasteiger partial charge is 0.0614 e. The van der Waals surface area contributed by atoms with Crippen LogP contribution in [-0.2, 0) is 0 Å². The summed E-state index contributed by atoms with van der Waals surface area (Å²) in [5.41, 5.74) is 2.63. The van der Waals surface area contributed by atoms with Crippen molar-refractivity contribution in [1.29, 1.82) is 0 Å². The summed E-state index contributed by atoms with van der Waals surface area (Å²) < 4.78 is 0. The topological polar surface area (TPSA) is 51.7 Å². The molecule has 72 valence electrons. The molecule has 0 aromatic rings. The Balaban J connectivity index is 0. The van der Waals surface area contributed by atoms with E-state index in [1.807, 2.05) is 6.08 Å². The molecule has 0 heterocycles. The molecule has 0 atom stereocenters. The molecule has 0 aliphatic carbocycles. The molecule has 3 N–H and O–H groups in total. The molecule has 0 radical (unpaired) electrons. The predicted molar refractivity (Wildman–Crippen MR) is 53.1 cm³/mol. The second kappa shape index (κ2) is 8.50. The Hall–Kier alpha value is -0.600. The molecular formula is C10H20O2. The van der Waals surface area contributed by atoms with Crippen LogP contribution in [0, 0.1) is 0 Å². The zero-order chi connectivity index (χ0) is 8.69. The quantitative estimate of drug-likeness (QED) is 0.646. The van der Waals surface area contributed by atoms with Gasteiger partial charge in [0.1, 0.15) is 0 Å². The minimum atomic E-state index is 0. The molecule has 2 heteroatoms. The number of rotatable bonds is 4. The molecule has 2 nitrogen and oxygen atoms in total. The van der Waals surface area contributed by atoms with Gasteiger partial charge in [-0.3, -0.25) is 0 Å². The highest BCUT2D eigenvalue weighted by Crippen LogP contribution is 2.05. The van der Waals surface area contributed by atoms with Crippen LogP contribution in [-0.4, -0.2) is 17.2 Å². The van der Waals surface area contributed by atoms with Crippen LogP contribution in [0.15, 0.2) is 23.3 Å². The normalized spacial score (nSPS) is 10.5. The van der Waals surface area contributed by atoms with Crippen molar-refractivity contribution in [1.82, 2.24) is 0 Å². The van der Waals surface area contributed by atoms with Gasteiger partial charge in [0, 0.05) is 0 Å². The zero-order valence-corrected chi connectivity index (χ0v) is 8.22. The van der Waals surface area contributed by atoms with Crippen LogP contribution in [0.25, 0.3) is 0 Å². The van der Waals surface area contributed by atoms with E-state index in [4.69, 9.17) is 5.11 Å². The van der Waals surface area contributed by atoms with Crippen LogP contribution >= 0.6 is 0 Å². The molecule has 0 bridgehead atoms. The van der Waals surface area contributed by atoms with Crippen molar-refractivity contribution in [2.45, 2.75) is 33.6 Å². The lowest BCUT2D eigenvalue weighted by Gasteiger charge is -1.96. The van der Waals surface area contributed by atoms with Crippen molar-refractivity contribution in [2.24, 2.45) is 0 Å². The zero-order valence-electron chi connectivity index (χ0n) is 8.22. The lowest BCUT2D eigenvalue weighted by Crippen LogP contribution is -1.80. The maximum Gasteiger partial charge on any atom is 0.0614 e. The first-order valence-corrected chi connectivity index (χ1v) is 4.06. The van der Waals surface area contributed by atoms with Gasteiger partial charge in [0.05, 0.1) is 6.61 Å². The van der Waals surface area contributed by atoms with Crippen LogP contribution in [0.3, 0.4) is 0 Å². The van der Waals surface area contributed by atoms with Gasteiger partial charge in [0.15, 0.2) is 0 Å². The molecule has 12 heavy (non-hydrogen) atoms. The van der Waals surface area contributed by atoms with E-state index in [1.165, 1.54) is 11.1 Å². The number of hydrogen-bond donors (Lipinski definition) is 1. The third-order valence-electron chi connectivity index (χ3n) is 1.53. The molecule has 0 fully saturated rings. The molecule has 0 spiro atoms. The predicted octanol–water partition coefficient (Wildman–Crippen LogP) is 1.85. The molecule has 0 aliphatic rings. The molecule has 0 aromatic carbocycles. The molecule has 0 rings (SSSR count). The van der Waals surface area contributed by atoms with E-state index >= 15 is 0 Å². The lowest BCUT2D eigenvalue weighted by atomic mass is 10.1. The SMILES string of the molecule is CC(C)=CCC/C(C)=C\CO.O. The number of hydrogen-bond acceptors (Lipinski definition) is 1. The average molecular weight is 172 g/mol. The fourth-order valence-corrected chi connectivity index (χ4v) is 0.846. The number of aliphatic hydroxyl groups excluding tert-OH is 1. The van der Waals surface area contributed by atoms with Crippen LogP contribution in [0.1, 0.15) is 33.6 Å². The van der Waals surface area contributed by atoms with Gasteiger partial charge in [-0.15, -0.1) is 0 Å². The molecule has 0 saturated heterocycles. The van der Waals surface area contributed by atoms with E-state index in [0.29, 0.717) is 0 Å². The fourth-order valence-electron chi connectivity index (χ4n) is 0.846. The van der Waals surface area contributed by atoms with Crippen LogP contribution < -0.4 is 0 Å². The second-order valence-electron chi connectivity index (χ2n) is 3.05. The van der Waals surface area contributed by atoms with Gasteiger partial charge < -0.3 is 10.6 Å². The number of allylic oxidation sites excluding steroid dienone is 3. The van der Waals surface area contributed by atoms with Crippen molar-refractivity contribution >= 4 is 0 Å². The summed E-state index contributed by atoms with van der Waals surface area (Å²) in [5, 5.41) is 8.55. The first-order valence-electron chi connectivity index (χ1n) is 4.06. The second-order valence-corrected chi connectivity index (χ2v) is 3.05. The van der Waals surface area contributed by atoms with Gasteiger partial charge in [-0.05, 0) is 33.6 Å². The Morgan fingerprint density at radius 2 is 1.75 bits per heavy atom. The van der Waals surface area contributed by atoms with Crippen LogP contribution in [0.2, 0.25) is 0 Å². The highest BCUT2D eigenvalue weighted by atomic mass is 16.2. The van der Waals surface area contributed by atoms with Crippen LogP contribution in [0.4, 0.5) is 0 Å². The average Bonchev–Trinajstić information content (AvgIpc) is 1.87. The summed E-state index contributed by atoms with van der Waals surface area (Å²) in [7, 11) is 0. The summed E-state index contributed by atoms with van der Waals surface area (Å²) in [6.07, 6.45) is 6.23. The summed E-state index contributed by atoms with van der Waals surface area (Å²) in [6, 6.07) is 0. The summed E-state index contributed by atoms with van der Waals surface area (Å²) in [6.45, 7) is 6.42. The van der Waals surface area contributed by atoms with Gasteiger partial charge in [-0.1, -0.05) is 23.3 Å². The maximum absolute atomic E-state index is 8.55. The third kappa shape index (κ3) is 9.40. The highest BCUT2D eigenvalue weighted by Gasteiger charge is 1.86. The lowest BCUT2D eigenvalue weighted by molar-refractivity contribution is 0.341. The summed E-state index contributed by atoms with van der Waals surface area (Å²) >= 11 is 0. The Labute approximate surface area is 74.9 Å². The Kier molecular flexibility index (Phi) is 9.88. The van der Waals surface area contributed by atoms with Crippen molar-refractivity contribution in [2.75, 3.05) is 6.61 Å². The standard InChI is InChI=1S/C10H18O.H2O/c1-9(2)5-4-6-10(3)7-8-11;/h5,7,11H,4,6,8H2,1-3H3;1H2/b10-7-;. The molecule has 0 aromatic heterocycles. The van der Waals surface area contributed by atoms with E-state index in [1.54, 1.807) is 0 Å². The Morgan fingerprint density at radius 1 is 1.17 bits per heavy atom. The van der Waals surface area contributed by atoms with Crippen molar-refractivity contribution in [3.63, 3.8) is 0 Å². The molecule has 0 aliphatic heterocycles. The van der Waals surface area contributed by atoms with E-state index in [2.05, 4.69) is 26.8 Å². The highest BCUT2D eigenvalue weighted by molar-refractivity contribution is 5.01. The minimum absolute atomic E-state index is 0. The monoisotopic (exact) mass is 172 g/mol. The van der Waals surface area contributed by atoms with Crippen LogP contribution in [0.5, 0.6) is 0 Å². The summed E-state index contributed by atoms with van der Waals surface area (Å²) in [4.78, 5) is 0. The Bertz CT molecular complexity index is 153. The van der Waals surface area contributed by atoms with E-state index < -0.39 is 0 Å². The first kappa shape index (κ1) is 14.0. The van der Waals surface area contributed by atoms with Gasteiger partial charge in [-0.2, -0.15) is 0 Å². The molecule has 0 unspecified atom stereocenters. The molecular weight excluding hydrogens is 152 g/mol. The third-order valence-corrected chi connectivity index (χ3v) is 1.53. The van der Waals surface area contributed by atoms with E-state index in [-0.39, 0.29) is 12.1 Å². The largest absolute Gasteiger partial charge is 0.412 e.